The predicted molar refractivity (Wildman–Crippen MR) is 52.4 cm³/mol. The summed E-state index contributed by atoms with van der Waals surface area (Å²) in [5.41, 5.74) is 0.145. The van der Waals surface area contributed by atoms with Crippen molar-refractivity contribution in [3.8, 4) is 0 Å². The van der Waals surface area contributed by atoms with Crippen LogP contribution in [0, 0.1) is 11.3 Å². The van der Waals surface area contributed by atoms with Crippen molar-refractivity contribution in [2.75, 3.05) is 0 Å². The topological polar surface area (TPSA) is 20.2 Å². The zero-order valence-electron chi connectivity index (χ0n) is 8.39. The summed E-state index contributed by atoms with van der Waals surface area (Å²) < 4.78 is 0. The Morgan fingerprint density at radius 3 is 2.00 bits per heavy atom. The first-order valence-corrected chi connectivity index (χ1v) is 5.97. The minimum atomic E-state index is -0.238. The highest BCUT2D eigenvalue weighted by atomic mass is 16.3. The predicted octanol–water partition coefficient (Wildman–Crippen LogP) is 2.87. The van der Waals surface area contributed by atoms with E-state index in [4.69, 9.17) is 0 Å². The monoisotopic (exact) mass is 180 g/mol. The molecule has 13 heavy (non-hydrogen) atoms. The van der Waals surface area contributed by atoms with Crippen molar-refractivity contribution >= 4 is 0 Å². The van der Waals surface area contributed by atoms with Crippen LogP contribution in [0.2, 0.25) is 0 Å². The summed E-state index contributed by atoms with van der Waals surface area (Å²) in [4.78, 5) is 0. The standard InChI is InChI=1S/C12H20O/c13-12(5-1-2-6-12)11-7-3-10(9-11)4-8-11/h10,13H,1-9H2. The second kappa shape index (κ2) is 2.50. The summed E-state index contributed by atoms with van der Waals surface area (Å²) in [7, 11) is 0. The molecule has 1 heteroatoms. The van der Waals surface area contributed by atoms with Crippen molar-refractivity contribution in [2.24, 2.45) is 11.3 Å². The maximum atomic E-state index is 10.7. The van der Waals surface area contributed by atoms with Gasteiger partial charge < -0.3 is 5.11 Å². The van der Waals surface area contributed by atoms with E-state index in [0.717, 1.165) is 18.8 Å². The fraction of sp³-hybridized carbons (Fsp3) is 1.00. The van der Waals surface area contributed by atoms with Gasteiger partial charge in [0.15, 0.2) is 0 Å². The highest BCUT2D eigenvalue weighted by Crippen LogP contribution is 2.62. The lowest BCUT2D eigenvalue weighted by atomic mass is 9.68. The summed E-state index contributed by atoms with van der Waals surface area (Å²) in [5.74, 6) is 0.977. The van der Waals surface area contributed by atoms with Crippen molar-refractivity contribution < 1.29 is 5.11 Å². The molecule has 0 aromatic heterocycles. The van der Waals surface area contributed by atoms with Crippen molar-refractivity contribution in [3.63, 3.8) is 0 Å². The zero-order valence-corrected chi connectivity index (χ0v) is 8.39. The number of fused-ring (bicyclic) bond motifs is 2. The molecule has 0 amide bonds. The molecule has 0 heterocycles. The molecule has 0 spiro atoms. The molecule has 1 N–H and O–H groups in total. The van der Waals surface area contributed by atoms with E-state index in [2.05, 4.69) is 0 Å². The van der Waals surface area contributed by atoms with Gasteiger partial charge in [0.2, 0.25) is 0 Å². The molecule has 0 unspecified atom stereocenters. The van der Waals surface area contributed by atoms with Gasteiger partial charge in [0.05, 0.1) is 5.60 Å². The van der Waals surface area contributed by atoms with E-state index in [1.165, 1.54) is 44.9 Å². The van der Waals surface area contributed by atoms with Gasteiger partial charge in [-0.1, -0.05) is 12.8 Å². The molecule has 1 nitrogen and oxygen atoms in total. The van der Waals surface area contributed by atoms with Gasteiger partial charge in [-0.3, -0.25) is 0 Å². The number of aliphatic hydroxyl groups is 1. The SMILES string of the molecule is OC1(C23CCC(CC2)C3)CCCC1. The summed E-state index contributed by atoms with van der Waals surface area (Å²) in [6, 6.07) is 0. The van der Waals surface area contributed by atoms with Gasteiger partial charge in [-0.15, -0.1) is 0 Å². The van der Waals surface area contributed by atoms with Crippen LogP contribution in [-0.2, 0) is 0 Å². The van der Waals surface area contributed by atoms with E-state index in [1.54, 1.807) is 0 Å². The van der Waals surface area contributed by atoms with Gasteiger partial charge >= 0.3 is 0 Å². The molecule has 0 aromatic carbocycles. The molecule has 3 aliphatic rings. The number of rotatable bonds is 1. The fourth-order valence-corrected chi connectivity index (χ4v) is 4.34. The second-order valence-corrected chi connectivity index (χ2v) is 5.67. The minimum absolute atomic E-state index is 0.238. The van der Waals surface area contributed by atoms with E-state index < -0.39 is 0 Å². The molecular formula is C12H20O. The van der Waals surface area contributed by atoms with Gasteiger partial charge in [-0.2, -0.15) is 0 Å². The largest absolute Gasteiger partial charge is 0.389 e. The van der Waals surface area contributed by atoms with Crippen molar-refractivity contribution in [3.05, 3.63) is 0 Å². The molecule has 3 rings (SSSR count). The Morgan fingerprint density at radius 1 is 0.923 bits per heavy atom. The van der Waals surface area contributed by atoms with Gasteiger partial charge in [-0.05, 0) is 56.3 Å². The van der Waals surface area contributed by atoms with Crippen LogP contribution in [0.4, 0.5) is 0 Å². The zero-order chi connectivity index (χ0) is 8.94. The van der Waals surface area contributed by atoms with Crippen LogP contribution in [0.5, 0.6) is 0 Å². The van der Waals surface area contributed by atoms with Crippen molar-refractivity contribution in [2.45, 2.75) is 63.4 Å². The molecular weight excluding hydrogens is 160 g/mol. The van der Waals surface area contributed by atoms with E-state index in [1.807, 2.05) is 0 Å². The smallest absolute Gasteiger partial charge is 0.0703 e. The molecule has 0 radical (unpaired) electrons. The molecule has 3 aliphatic carbocycles. The number of hydrogen-bond acceptors (Lipinski definition) is 1. The van der Waals surface area contributed by atoms with E-state index in [-0.39, 0.29) is 5.60 Å². The highest BCUT2D eigenvalue weighted by molar-refractivity contribution is 5.08. The Hall–Kier alpha value is -0.0400. The van der Waals surface area contributed by atoms with Crippen LogP contribution < -0.4 is 0 Å². The molecule has 3 fully saturated rings. The fourth-order valence-electron chi connectivity index (χ4n) is 4.34. The number of hydrogen-bond donors (Lipinski definition) is 1. The summed E-state index contributed by atoms with van der Waals surface area (Å²) in [6.07, 6.45) is 11.5. The van der Waals surface area contributed by atoms with E-state index in [0.29, 0.717) is 5.41 Å². The Balaban J connectivity index is 1.90. The molecule has 0 aliphatic heterocycles. The minimum Gasteiger partial charge on any atom is -0.389 e. The Labute approximate surface area is 80.5 Å². The maximum Gasteiger partial charge on any atom is 0.0703 e. The van der Waals surface area contributed by atoms with Crippen LogP contribution in [0.1, 0.15) is 57.8 Å². The van der Waals surface area contributed by atoms with Gasteiger partial charge in [-0.25, -0.2) is 0 Å². The molecule has 0 aromatic rings. The first kappa shape index (κ1) is 8.28. The van der Waals surface area contributed by atoms with Crippen molar-refractivity contribution in [1.29, 1.82) is 0 Å². The van der Waals surface area contributed by atoms with Gasteiger partial charge in [0, 0.05) is 0 Å². The first-order valence-electron chi connectivity index (χ1n) is 5.97. The quantitative estimate of drug-likeness (QED) is 0.658. The molecule has 3 saturated carbocycles. The lowest BCUT2D eigenvalue weighted by Crippen LogP contribution is -2.43. The molecule has 0 saturated heterocycles. The third-order valence-electron chi connectivity index (χ3n) is 5.16. The first-order chi connectivity index (χ1) is 6.24. The summed E-state index contributed by atoms with van der Waals surface area (Å²) in [5, 5.41) is 10.7. The Bertz CT molecular complexity index is 207. The Kier molecular flexibility index (Phi) is 1.59. The van der Waals surface area contributed by atoms with Crippen LogP contribution in [-0.4, -0.2) is 10.7 Å². The molecule has 74 valence electrons. The van der Waals surface area contributed by atoms with Crippen molar-refractivity contribution in [1.82, 2.24) is 0 Å². The van der Waals surface area contributed by atoms with Crippen LogP contribution in [0.15, 0.2) is 0 Å². The second-order valence-electron chi connectivity index (χ2n) is 5.67. The van der Waals surface area contributed by atoms with E-state index in [9.17, 15) is 5.11 Å². The van der Waals surface area contributed by atoms with E-state index >= 15 is 0 Å². The van der Waals surface area contributed by atoms with Gasteiger partial charge in [0.1, 0.15) is 0 Å². The third kappa shape index (κ3) is 0.971. The average Bonchev–Trinajstić information content (AvgIpc) is 2.78. The average molecular weight is 180 g/mol. The lowest BCUT2D eigenvalue weighted by molar-refractivity contribution is -0.0753. The third-order valence-corrected chi connectivity index (χ3v) is 5.16. The maximum absolute atomic E-state index is 10.7. The highest BCUT2D eigenvalue weighted by Gasteiger charge is 2.57. The molecule has 0 atom stereocenters. The van der Waals surface area contributed by atoms with Crippen LogP contribution in [0.3, 0.4) is 0 Å². The Morgan fingerprint density at radius 2 is 1.54 bits per heavy atom. The van der Waals surface area contributed by atoms with Gasteiger partial charge in [0.25, 0.3) is 0 Å². The summed E-state index contributed by atoms with van der Waals surface area (Å²) in [6.45, 7) is 0. The van der Waals surface area contributed by atoms with Crippen LogP contribution >= 0.6 is 0 Å². The summed E-state index contributed by atoms with van der Waals surface area (Å²) >= 11 is 0. The molecule has 2 bridgehead atoms. The lowest BCUT2D eigenvalue weighted by Gasteiger charge is -2.41. The normalized spacial score (nSPS) is 47.3. The van der Waals surface area contributed by atoms with Crippen LogP contribution in [0.25, 0.3) is 0 Å².